The van der Waals surface area contributed by atoms with Crippen molar-refractivity contribution in [2.75, 3.05) is 7.05 Å². The molecule has 2 rings (SSSR count). The summed E-state index contributed by atoms with van der Waals surface area (Å²) in [4.78, 5) is 8.09. The van der Waals surface area contributed by atoms with Crippen molar-refractivity contribution in [3.05, 3.63) is 45.7 Å². The second-order valence-corrected chi connectivity index (χ2v) is 5.01. The summed E-state index contributed by atoms with van der Waals surface area (Å²) in [5.74, 6) is -2.34. The minimum Gasteiger partial charge on any atom is -0.421 e. The topological polar surface area (TPSA) is 47.0 Å². The Morgan fingerprint density at radius 1 is 1.35 bits per heavy atom. The van der Waals surface area contributed by atoms with Crippen LogP contribution in [-0.4, -0.2) is 17.0 Å². The Morgan fingerprint density at radius 2 is 2.10 bits per heavy atom. The molecule has 0 aliphatic heterocycles. The number of hydrogen-bond acceptors (Lipinski definition) is 4. The zero-order valence-electron chi connectivity index (χ0n) is 10.9. The fraction of sp³-hybridized carbons (Fsp3) is 0.231. The van der Waals surface area contributed by atoms with Gasteiger partial charge < -0.3 is 10.1 Å². The van der Waals surface area contributed by atoms with Crippen LogP contribution in [-0.2, 0) is 6.54 Å². The van der Waals surface area contributed by atoms with E-state index >= 15 is 0 Å². The molecule has 0 radical (unpaired) electrons. The van der Waals surface area contributed by atoms with E-state index < -0.39 is 11.6 Å². The van der Waals surface area contributed by atoms with Gasteiger partial charge in [0.25, 0.3) is 0 Å². The van der Waals surface area contributed by atoms with Crippen LogP contribution >= 0.6 is 15.9 Å². The monoisotopic (exact) mass is 343 g/mol. The molecule has 1 heterocycles. The molecule has 2 aromatic rings. The lowest BCUT2D eigenvalue weighted by atomic mass is 10.2. The minimum absolute atomic E-state index is 0.0289. The van der Waals surface area contributed by atoms with Gasteiger partial charge in [-0.1, -0.05) is 15.9 Å². The smallest absolute Gasteiger partial charge is 0.322 e. The summed E-state index contributed by atoms with van der Waals surface area (Å²) in [5, 5.41) is 2.98. The van der Waals surface area contributed by atoms with Crippen LogP contribution in [0.15, 0.2) is 22.8 Å². The molecule has 0 fully saturated rings. The first-order valence-corrected chi connectivity index (χ1v) is 6.60. The zero-order valence-corrected chi connectivity index (χ0v) is 12.5. The molecule has 1 aromatic carbocycles. The van der Waals surface area contributed by atoms with E-state index in [-0.39, 0.29) is 11.8 Å². The van der Waals surface area contributed by atoms with Crippen molar-refractivity contribution in [3.63, 3.8) is 0 Å². The van der Waals surface area contributed by atoms with Crippen LogP contribution < -0.4 is 10.1 Å². The van der Waals surface area contributed by atoms with Gasteiger partial charge in [-0.15, -0.1) is 0 Å². The summed E-state index contributed by atoms with van der Waals surface area (Å²) in [6.45, 7) is 2.41. The highest BCUT2D eigenvalue weighted by molar-refractivity contribution is 9.10. The lowest BCUT2D eigenvalue weighted by molar-refractivity contribution is 0.391. The molecule has 0 aliphatic rings. The maximum Gasteiger partial charge on any atom is 0.322 e. The molecule has 1 aromatic heterocycles. The molecule has 20 heavy (non-hydrogen) atoms. The molecule has 1 N–H and O–H groups in total. The minimum atomic E-state index is -1.08. The van der Waals surface area contributed by atoms with Crippen LogP contribution in [0, 0.1) is 18.6 Å². The van der Waals surface area contributed by atoms with Crippen molar-refractivity contribution in [1.29, 1.82) is 0 Å². The number of nitrogens with one attached hydrogen (secondary N) is 1. The first-order chi connectivity index (χ1) is 9.51. The Kier molecular flexibility index (Phi) is 4.61. The van der Waals surface area contributed by atoms with E-state index in [4.69, 9.17) is 4.74 Å². The molecule has 0 amide bonds. The fourth-order valence-corrected chi connectivity index (χ4v) is 2.00. The quantitative estimate of drug-likeness (QED) is 0.865. The van der Waals surface area contributed by atoms with Gasteiger partial charge in [-0.25, -0.2) is 9.37 Å². The Bertz CT molecular complexity index is 637. The summed E-state index contributed by atoms with van der Waals surface area (Å²) in [6.07, 6.45) is 1.58. The summed E-state index contributed by atoms with van der Waals surface area (Å²) in [5.41, 5.74) is 1.61. The number of ether oxygens (including phenoxy) is 1. The predicted molar refractivity (Wildman–Crippen MR) is 73.7 cm³/mol. The Hall–Kier alpha value is -1.60. The molecule has 4 nitrogen and oxygen atoms in total. The van der Waals surface area contributed by atoms with Crippen LogP contribution in [0.4, 0.5) is 8.78 Å². The van der Waals surface area contributed by atoms with Gasteiger partial charge in [-0.2, -0.15) is 9.37 Å². The largest absolute Gasteiger partial charge is 0.421 e. The third-order valence-corrected chi connectivity index (χ3v) is 3.04. The van der Waals surface area contributed by atoms with Gasteiger partial charge in [0.2, 0.25) is 5.82 Å². The van der Waals surface area contributed by atoms with Crippen LogP contribution in [0.3, 0.4) is 0 Å². The lowest BCUT2D eigenvalue weighted by Gasteiger charge is -2.09. The van der Waals surface area contributed by atoms with Gasteiger partial charge in [0.05, 0.1) is 0 Å². The molecule has 0 unspecified atom stereocenters. The number of nitrogens with zero attached hydrogens (tertiary/aromatic N) is 2. The molecule has 0 spiro atoms. The number of halogens is 3. The SMILES string of the molecule is CNCc1cnc(Oc2cc(Br)cc(F)c2F)nc1C. The highest BCUT2D eigenvalue weighted by atomic mass is 79.9. The van der Waals surface area contributed by atoms with Crippen molar-refractivity contribution in [2.24, 2.45) is 0 Å². The van der Waals surface area contributed by atoms with Gasteiger partial charge >= 0.3 is 6.01 Å². The molecule has 0 saturated heterocycles. The van der Waals surface area contributed by atoms with E-state index in [1.54, 1.807) is 13.1 Å². The average Bonchev–Trinajstić information content (AvgIpc) is 2.39. The molecule has 106 valence electrons. The van der Waals surface area contributed by atoms with E-state index in [9.17, 15) is 8.78 Å². The lowest BCUT2D eigenvalue weighted by Crippen LogP contribution is -2.08. The van der Waals surface area contributed by atoms with Gasteiger partial charge in [0, 0.05) is 28.5 Å². The summed E-state index contributed by atoms with van der Waals surface area (Å²) >= 11 is 3.07. The summed E-state index contributed by atoms with van der Waals surface area (Å²) < 4.78 is 32.4. The Labute approximate surface area is 123 Å². The van der Waals surface area contributed by atoms with Crippen molar-refractivity contribution >= 4 is 15.9 Å². The van der Waals surface area contributed by atoms with E-state index in [1.165, 1.54) is 6.07 Å². The second-order valence-electron chi connectivity index (χ2n) is 4.10. The normalized spacial score (nSPS) is 10.7. The van der Waals surface area contributed by atoms with E-state index in [0.717, 1.165) is 11.6 Å². The van der Waals surface area contributed by atoms with Crippen molar-refractivity contribution in [1.82, 2.24) is 15.3 Å². The number of aromatic nitrogens is 2. The number of aryl methyl sites for hydroxylation is 1. The van der Waals surface area contributed by atoms with Crippen molar-refractivity contribution in [2.45, 2.75) is 13.5 Å². The fourth-order valence-electron chi connectivity index (χ4n) is 1.59. The zero-order chi connectivity index (χ0) is 14.7. The molecular formula is C13H12BrF2N3O. The number of hydrogen-bond donors (Lipinski definition) is 1. The van der Waals surface area contributed by atoms with E-state index in [0.29, 0.717) is 16.7 Å². The Morgan fingerprint density at radius 3 is 2.75 bits per heavy atom. The van der Waals surface area contributed by atoms with Gasteiger partial charge in [-0.05, 0) is 26.1 Å². The first-order valence-electron chi connectivity index (χ1n) is 5.80. The Balaban J connectivity index is 2.29. The van der Waals surface area contributed by atoms with E-state index in [2.05, 4.69) is 31.2 Å². The van der Waals surface area contributed by atoms with Crippen molar-refractivity contribution in [3.8, 4) is 11.8 Å². The van der Waals surface area contributed by atoms with Crippen molar-refractivity contribution < 1.29 is 13.5 Å². The molecule has 0 bridgehead atoms. The average molecular weight is 344 g/mol. The number of rotatable bonds is 4. The third-order valence-electron chi connectivity index (χ3n) is 2.59. The predicted octanol–water partition coefficient (Wildman–Crippen LogP) is 3.34. The number of benzene rings is 1. The first kappa shape index (κ1) is 14.8. The highest BCUT2D eigenvalue weighted by Gasteiger charge is 2.14. The molecule has 0 aliphatic carbocycles. The van der Waals surface area contributed by atoms with Crippen LogP contribution in [0.25, 0.3) is 0 Å². The van der Waals surface area contributed by atoms with Crippen LogP contribution in [0.1, 0.15) is 11.3 Å². The highest BCUT2D eigenvalue weighted by Crippen LogP contribution is 2.28. The second kappa shape index (κ2) is 6.23. The standard InChI is InChI=1S/C13H12BrF2N3O/c1-7-8(5-17-2)6-18-13(19-7)20-11-4-9(14)3-10(15)12(11)16/h3-4,6,17H,5H2,1-2H3. The maximum absolute atomic E-state index is 13.6. The molecule has 0 saturated carbocycles. The molecule has 7 heteroatoms. The third kappa shape index (κ3) is 3.29. The van der Waals surface area contributed by atoms with Gasteiger partial charge in [0.1, 0.15) is 0 Å². The molecular weight excluding hydrogens is 332 g/mol. The summed E-state index contributed by atoms with van der Waals surface area (Å²) in [6, 6.07) is 2.31. The van der Waals surface area contributed by atoms with Crippen LogP contribution in [0.5, 0.6) is 11.8 Å². The van der Waals surface area contributed by atoms with E-state index in [1.807, 2.05) is 7.05 Å². The molecule has 0 atom stereocenters. The maximum atomic E-state index is 13.6. The van der Waals surface area contributed by atoms with Gasteiger partial charge in [0.15, 0.2) is 11.6 Å². The van der Waals surface area contributed by atoms with Gasteiger partial charge in [-0.3, -0.25) is 0 Å². The summed E-state index contributed by atoms with van der Waals surface area (Å²) in [7, 11) is 1.81. The van der Waals surface area contributed by atoms with Crippen LogP contribution in [0.2, 0.25) is 0 Å².